The van der Waals surface area contributed by atoms with Crippen LogP contribution in [0.15, 0.2) is 0 Å². The van der Waals surface area contributed by atoms with Crippen LogP contribution >= 0.6 is 0 Å². The Balaban J connectivity index is 2.51. The molecule has 0 aromatic carbocycles. The van der Waals surface area contributed by atoms with Gasteiger partial charge in [-0.05, 0) is 0 Å². The van der Waals surface area contributed by atoms with E-state index in [0.29, 0.717) is 4.90 Å². The summed E-state index contributed by atoms with van der Waals surface area (Å²) >= 11 is 0. The number of carbonyl (C=O) groups excluding carboxylic acids is 1. The Morgan fingerprint density at radius 1 is 1.60 bits per heavy atom. The maximum atomic E-state index is 12.2. The van der Waals surface area contributed by atoms with Crippen molar-refractivity contribution in [2.24, 2.45) is 0 Å². The maximum Gasteiger partial charge on any atom is 0.266 e. The Labute approximate surface area is 56.2 Å². The zero-order chi connectivity index (χ0) is 7.78. The van der Waals surface area contributed by atoms with Gasteiger partial charge in [-0.25, -0.2) is 8.78 Å². The number of likely N-dealkylation sites (tertiary alicyclic amines) is 1. The molecule has 0 unspecified atom stereocenters. The minimum absolute atomic E-state index is 0.116. The van der Waals surface area contributed by atoms with Crippen molar-refractivity contribution in [2.45, 2.75) is 12.3 Å². The van der Waals surface area contributed by atoms with Crippen molar-refractivity contribution in [3.8, 4) is 0 Å². The maximum absolute atomic E-state index is 12.2. The topological polar surface area (TPSA) is 43.4 Å². The largest absolute Gasteiger partial charge is 0.530 e. The lowest BCUT2D eigenvalue weighted by Gasteiger charge is -2.17. The van der Waals surface area contributed by atoms with E-state index >= 15 is 0 Å². The van der Waals surface area contributed by atoms with E-state index in [0.717, 1.165) is 0 Å². The van der Waals surface area contributed by atoms with Crippen molar-refractivity contribution in [1.82, 2.24) is 4.90 Å². The fourth-order valence-electron chi connectivity index (χ4n) is 0.892. The second kappa shape index (κ2) is 2.07. The molecule has 0 radical (unpaired) electrons. The normalized spacial score (nSPS) is 23.2. The molecule has 1 aliphatic heterocycles. The van der Waals surface area contributed by atoms with E-state index in [-0.39, 0.29) is 13.0 Å². The molecular formula is C5H6F2NO2-. The molecule has 1 aliphatic rings. The van der Waals surface area contributed by atoms with Crippen LogP contribution < -0.4 is 5.11 Å². The van der Waals surface area contributed by atoms with Gasteiger partial charge in [0.2, 0.25) is 0 Å². The Morgan fingerprint density at radius 2 is 2.20 bits per heavy atom. The molecule has 0 bridgehead atoms. The molecule has 1 amide bonds. The molecule has 0 aliphatic carbocycles. The second-order valence-corrected chi connectivity index (χ2v) is 2.29. The number of rotatable bonds is 0. The Bertz CT molecular complexity index is 160. The van der Waals surface area contributed by atoms with Gasteiger partial charge in [0.05, 0.1) is 6.54 Å². The quantitative estimate of drug-likeness (QED) is 0.474. The third-order valence-corrected chi connectivity index (χ3v) is 1.43. The lowest BCUT2D eigenvalue weighted by Crippen LogP contribution is -2.40. The molecule has 1 saturated heterocycles. The molecule has 1 rings (SSSR count). The molecule has 10 heavy (non-hydrogen) atoms. The van der Waals surface area contributed by atoms with Crippen molar-refractivity contribution in [3.05, 3.63) is 0 Å². The summed E-state index contributed by atoms with van der Waals surface area (Å²) in [7, 11) is 0. The summed E-state index contributed by atoms with van der Waals surface area (Å²) in [5.74, 6) is -2.85. The van der Waals surface area contributed by atoms with E-state index in [2.05, 4.69) is 0 Å². The monoisotopic (exact) mass is 150 g/mol. The highest BCUT2D eigenvalue weighted by atomic mass is 19.3. The van der Waals surface area contributed by atoms with Crippen molar-refractivity contribution in [3.63, 3.8) is 0 Å². The van der Waals surface area contributed by atoms with Crippen LogP contribution in [0.2, 0.25) is 0 Å². The van der Waals surface area contributed by atoms with Gasteiger partial charge >= 0.3 is 0 Å². The Kier molecular flexibility index (Phi) is 1.50. The number of hydrogen-bond donors (Lipinski definition) is 0. The number of nitrogens with zero attached hydrogens (tertiary/aromatic N) is 1. The third-order valence-electron chi connectivity index (χ3n) is 1.43. The summed E-state index contributed by atoms with van der Waals surface area (Å²) in [5.41, 5.74) is 0. The minimum atomic E-state index is -2.85. The smallest absolute Gasteiger partial charge is 0.266 e. The number of amides is 1. The van der Waals surface area contributed by atoms with Crippen molar-refractivity contribution in [2.75, 3.05) is 13.1 Å². The van der Waals surface area contributed by atoms with Crippen LogP contribution in [0, 0.1) is 0 Å². The van der Waals surface area contributed by atoms with Gasteiger partial charge in [0, 0.05) is 13.0 Å². The molecule has 58 valence electrons. The van der Waals surface area contributed by atoms with Crippen molar-refractivity contribution < 1.29 is 18.7 Å². The van der Waals surface area contributed by atoms with Crippen LogP contribution in [0.4, 0.5) is 13.6 Å². The lowest BCUT2D eigenvalue weighted by molar-refractivity contribution is -0.265. The lowest BCUT2D eigenvalue weighted by atomic mass is 10.3. The molecule has 0 aromatic rings. The highest BCUT2D eigenvalue weighted by molar-refractivity contribution is 5.62. The van der Waals surface area contributed by atoms with Crippen LogP contribution in [-0.4, -0.2) is 30.0 Å². The van der Waals surface area contributed by atoms with E-state index in [4.69, 9.17) is 0 Å². The van der Waals surface area contributed by atoms with Crippen molar-refractivity contribution >= 4 is 6.09 Å². The highest BCUT2D eigenvalue weighted by Gasteiger charge is 2.38. The Morgan fingerprint density at radius 3 is 2.40 bits per heavy atom. The predicted octanol–water partition coefficient (Wildman–Crippen LogP) is -0.329. The van der Waals surface area contributed by atoms with Crippen LogP contribution in [-0.2, 0) is 0 Å². The third kappa shape index (κ3) is 1.34. The molecule has 5 heteroatoms. The summed E-state index contributed by atoms with van der Waals surface area (Å²) in [5, 5.41) is 9.97. The molecule has 0 spiro atoms. The summed E-state index contributed by atoms with van der Waals surface area (Å²) in [6.07, 6.45) is -1.90. The summed E-state index contributed by atoms with van der Waals surface area (Å²) < 4.78 is 24.4. The number of carbonyl (C=O) groups is 1. The molecule has 1 heterocycles. The molecule has 3 nitrogen and oxygen atoms in total. The first-order valence-corrected chi connectivity index (χ1v) is 2.85. The van der Waals surface area contributed by atoms with E-state index in [1.165, 1.54) is 0 Å². The standard InChI is InChI=1S/C5H7F2NO2/c6-5(7)1-2-8(3-5)4(9)10/h1-3H2,(H,9,10)/p-1. The molecule has 0 atom stereocenters. The first-order valence-electron chi connectivity index (χ1n) is 2.85. The average molecular weight is 150 g/mol. The van der Waals surface area contributed by atoms with Crippen LogP contribution in [0.1, 0.15) is 6.42 Å². The van der Waals surface area contributed by atoms with Gasteiger partial charge in [0.15, 0.2) is 0 Å². The van der Waals surface area contributed by atoms with Gasteiger partial charge in [-0.1, -0.05) is 0 Å². The van der Waals surface area contributed by atoms with Crippen LogP contribution in [0.25, 0.3) is 0 Å². The number of carboxylic acid groups (broad SMARTS) is 1. The van der Waals surface area contributed by atoms with Crippen LogP contribution in [0.5, 0.6) is 0 Å². The zero-order valence-corrected chi connectivity index (χ0v) is 5.14. The van der Waals surface area contributed by atoms with E-state index in [9.17, 15) is 18.7 Å². The minimum Gasteiger partial charge on any atom is -0.530 e. The summed E-state index contributed by atoms with van der Waals surface area (Å²) in [6, 6.07) is 0. The van der Waals surface area contributed by atoms with Gasteiger partial charge < -0.3 is 14.8 Å². The molecule has 0 N–H and O–H groups in total. The molecule has 0 saturated carbocycles. The number of hydrogen-bond acceptors (Lipinski definition) is 2. The summed E-state index contributed by atoms with van der Waals surface area (Å²) in [4.78, 5) is 10.6. The second-order valence-electron chi connectivity index (χ2n) is 2.29. The average Bonchev–Trinajstić information content (AvgIpc) is 2.10. The van der Waals surface area contributed by atoms with E-state index < -0.39 is 18.6 Å². The number of halogens is 2. The Hall–Kier alpha value is -0.870. The summed E-state index contributed by atoms with van der Waals surface area (Å²) in [6.45, 7) is -0.829. The van der Waals surface area contributed by atoms with Crippen molar-refractivity contribution in [1.29, 1.82) is 0 Å². The van der Waals surface area contributed by atoms with E-state index in [1.54, 1.807) is 0 Å². The predicted molar refractivity (Wildman–Crippen MR) is 26.5 cm³/mol. The van der Waals surface area contributed by atoms with E-state index in [1.807, 2.05) is 0 Å². The van der Waals surface area contributed by atoms with Gasteiger partial charge in [0.1, 0.15) is 6.09 Å². The fraction of sp³-hybridized carbons (Fsp3) is 0.800. The van der Waals surface area contributed by atoms with Gasteiger partial charge in [-0.3, -0.25) is 0 Å². The van der Waals surface area contributed by atoms with Gasteiger partial charge in [-0.15, -0.1) is 0 Å². The molecular weight excluding hydrogens is 144 g/mol. The van der Waals surface area contributed by atoms with Gasteiger partial charge in [0.25, 0.3) is 5.92 Å². The first-order chi connectivity index (χ1) is 4.51. The SMILES string of the molecule is O=C([O-])N1CCC(F)(F)C1. The number of alkyl halides is 2. The fourth-order valence-corrected chi connectivity index (χ4v) is 0.892. The highest BCUT2D eigenvalue weighted by Crippen LogP contribution is 2.25. The first kappa shape index (κ1) is 7.24. The van der Waals surface area contributed by atoms with Gasteiger partial charge in [-0.2, -0.15) is 0 Å². The zero-order valence-electron chi connectivity index (χ0n) is 5.14. The van der Waals surface area contributed by atoms with Crippen LogP contribution in [0.3, 0.4) is 0 Å². The molecule has 0 aromatic heterocycles. The molecule has 1 fully saturated rings.